The molecule has 170 valence electrons. The first-order valence-electron chi connectivity index (χ1n) is 9.73. The van der Waals surface area contributed by atoms with Gasteiger partial charge in [0.1, 0.15) is 6.04 Å². The van der Waals surface area contributed by atoms with Crippen molar-refractivity contribution in [1.29, 1.82) is 0 Å². The third-order valence-electron chi connectivity index (χ3n) is 4.61. The minimum Gasteiger partial charge on any atom is -0.507 e. The highest BCUT2D eigenvalue weighted by atomic mass is 35.5. The zero-order valence-electron chi connectivity index (χ0n) is 17.7. The number of carbonyl (C=O) groups excluding carboxylic acids is 2. The number of carboxylic acids is 1. The summed E-state index contributed by atoms with van der Waals surface area (Å²) < 4.78 is 11.0. The number of aliphatic carboxylic acids is 1. The Morgan fingerprint density at radius 1 is 1.29 bits per heavy atom. The molecule has 1 aliphatic rings. The van der Waals surface area contributed by atoms with Crippen LogP contribution in [-0.2, 0) is 23.7 Å². The van der Waals surface area contributed by atoms with Crippen LogP contribution in [0.1, 0.15) is 20.3 Å². The second-order valence-corrected chi connectivity index (χ2v) is 8.73. The molecule has 1 amide bonds. The van der Waals surface area contributed by atoms with Crippen molar-refractivity contribution < 1.29 is 28.8 Å². The van der Waals surface area contributed by atoms with Crippen molar-refractivity contribution in [3.05, 3.63) is 28.2 Å². The molecule has 0 aromatic heterocycles. The van der Waals surface area contributed by atoms with Gasteiger partial charge in [-0.1, -0.05) is 37.0 Å². The molecule has 3 atom stereocenters. The van der Waals surface area contributed by atoms with Crippen LogP contribution in [0.5, 0.6) is 0 Å². The van der Waals surface area contributed by atoms with Crippen LogP contribution in [0.3, 0.4) is 0 Å². The largest absolute Gasteiger partial charge is 0.552 e. The maximum Gasteiger partial charge on any atom is 0.552 e. The molecule has 9 nitrogen and oxygen atoms in total. The van der Waals surface area contributed by atoms with Crippen LogP contribution < -0.4 is 10.6 Å². The summed E-state index contributed by atoms with van der Waals surface area (Å²) >= 11 is 12.0. The number of nitrogens with one attached hydrogen (secondary N) is 2. The molecule has 3 N–H and O–H groups in total. The number of hydrogen-bond donors (Lipinski definition) is 3. The van der Waals surface area contributed by atoms with Gasteiger partial charge < -0.3 is 25.0 Å². The van der Waals surface area contributed by atoms with Gasteiger partial charge in [-0.25, -0.2) is 4.79 Å². The molecular weight excluding hydrogens is 448 g/mol. The molecule has 0 unspecified atom stereocenters. The van der Waals surface area contributed by atoms with E-state index in [-0.39, 0.29) is 12.5 Å². The lowest BCUT2D eigenvalue weighted by Crippen LogP contribution is -2.63. The number of amides is 1. The Kier molecular flexibility index (Phi) is 8.99. The van der Waals surface area contributed by atoms with Crippen LogP contribution in [0.2, 0.25) is 10.0 Å². The maximum absolute atomic E-state index is 12.5. The number of rotatable bonds is 9. The summed E-state index contributed by atoms with van der Waals surface area (Å²) in [7, 11) is 1.89. The van der Waals surface area contributed by atoms with E-state index in [4.69, 9.17) is 32.5 Å². The molecule has 0 spiro atoms. The maximum atomic E-state index is 12.5. The molecule has 1 aromatic carbocycles. The molecule has 0 radical (unpaired) electrons. The highest BCUT2D eigenvalue weighted by Gasteiger charge is 2.50. The molecular formula is C19H26BCl2N3O6. The molecule has 1 fully saturated rings. The molecule has 1 aromatic rings. The van der Waals surface area contributed by atoms with Crippen molar-refractivity contribution in [3.63, 3.8) is 0 Å². The zero-order chi connectivity index (χ0) is 23.3. The summed E-state index contributed by atoms with van der Waals surface area (Å²) in [6.07, 6.45) is -1.02. The average molecular weight is 474 g/mol. The van der Waals surface area contributed by atoms with Gasteiger partial charge in [0.15, 0.2) is 6.10 Å². The lowest BCUT2D eigenvalue weighted by atomic mass is 9.72. The van der Waals surface area contributed by atoms with E-state index in [9.17, 15) is 19.5 Å². The Balaban J connectivity index is 2.10. The Hall–Kier alpha value is -2.01. The first-order valence-corrected chi connectivity index (χ1v) is 10.5. The van der Waals surface area contributed by atoms with E-state index in [1.807, 2.05) is 13.8 Å². The van der Waals surface area contributed by atoms with Crippen LogP contribution >= 0.6 is 23.2 Å². The fourth-order valence-electron chi connectivity index (χ4n) is 3.22. The monoisotopic (exact) mass is 473 g/mol. The number of carbonyl (C=O) groups is 3. The summed E-state index contributed by atoms with van der Waals surface area (Å²) in [6, 6.07) is 3.74. The van der Waals surface area contributed by atoms with E-state index in [1.54, 1.807) is 32.3 Å². The highest BCUT2D eigenvalue weighted by Crippen LogP contribution is 2.25. The van der Waals surface area contributed by atoms with E-state index in [0.717, 1.165) is 0 Å². The van der Waals surface area contributed by atoms with E-state index >= 15 is 0 Å². The summed E-state index contributed by atoms with van der Waals surface area (Å²) in [5, 5.41) is 16.0. The van der Waals surface area contributed by atoms with Gasteiger partial charge in [0, 0.05) is 5.02 Å². The molecule has 0 bridgehead atoms. The number of halogens is 2. The number of carboxylic acid groups (broad SMARTS) is 1. The van der Waals surface area contributed by atoms with Crippen molar-refractivity contribution in [3.8, 4) is 0 Å². The van der Waals surface area contributed by atoms with Gasteiger partial charge in [-0.05, 0) is 44.6 Å². The van der Waals surface area contributed by atoms with E-state index in [2.05, 4.69) is 10.6 Å². The quantitative estimate of drug-likeness (QED) is 0.465. The smallest absolute Gasteiger partial charge is 0.507 e. The molecule has 1 heterocycles. The Bertz CT molecular complexity index is 826. The normalized spacial score (nSPS) is 19.9. The minimum absolute atomic E-state index is 0.109. The fraction of sp³-hybridized carbons (Fsp3) is 0.526. The van der Waals surface area contributed by atoms with E-state index in [1.165, 1.54) is 4.90 Å². The van der Waals surface area contributed by atoms with Crippen molar-refractivity contribution >= 4 is 53.9 Å². The number of anilines is 1. The van der Waals surface area contributed by atoms with Gasteiger partial charge in [-0.2, -0.15) is 0 Å². The number of likely N-dealkylation sites (N-methyl/N-ethyl adjacent to an activating group) is 1. The number of hydrogen-bond acceptors (Lipinski definition) is 7. The lowest BCUT2D eigenvalue weighted by molar-refractivity contribution is -0.165. The van der Waals surface area contributed by atoms with Crippen molar-refractivity contribution in [2.75, 3.05) is 26.0 Å². The van der Waals surface area contributed by atoms with Crippen LogP contribution in [0.4, 0.5) is 5.69 Å². The molecule has 12 heteroatoms. The van der Waals surface area contributed by atoms with Crippen LogP contribution in [0.25, 0.3) is 0 Å². The lowest BCUT2D eigenvalue weighted by Gasteiger charge is -2.37. The molecule has 1 aliphatic heterocycles. The van der Waals surface area contributed by atoms with Crippen LogP contribution in [0, 0.1) is 5.92 Å². The van der Waals surface area contributed by atoms with Gasteiger partial charge in [-0.15, -0.1) is 0 Å². The summed E-state index contributed by atoms with van der Waals surface area (Å²) in [6.45, 7) is 3.72. The Labute approximate surface area is 191 Å². The minimum atomic E-state index is -1.42. The van der Waals surface area contributed by atoms with E-state index < -0.39 is 43.1 Å². The molecule has 0 saturated carbocycles. The van der Waals surface area contributed by atoms with Crippen molar-refractivity contribution in [2.45, 2.75) is 38.4 Å². The molecule has 2 rings (SSSR count). The third kappa shape index (κ3) is 7.00. The van der Waals surface area contributed by atoms with Gasteiger partial charge in [0.25, 0.3) is 0 Å². The standard InChI is InChI=1S/C19H26BCl2N3O6/c1-10(2)7-14(20-30-17(18(27)28)16(25(3)4)19(29)31-20)24-15(26)9-23-13-8-11(21)5-6-12(13)22/h5-6,8,10,14,16-17,23H,7,9H2,1-4H3,(H,24,26)(H,27,28)/t14-,16+,17+/m0/s1. The Morgan fingerprint density at radius 2 is 1.97 bits per heavy atom. The predicted octanol–water partition coefficient (Wildman–Crippen LogP) is 1.92. The van der Waals surface area contributed by atoms with Crippen molar-refractivity contribution in [2.24, 2.45) is 5.92 Å². The van der Waals surface area contributed by atoms with Gasteiger partial charge in [0.05, 0.1) is 23.2 Å². The highest BCUT2D eigenvalue weighted by molar-refractivity contribution is 6.50. The van der Waals surface area contributed by atoms with Gasteiger partial charge in [0.2, 0.25) is 5.91 Å². The first kappa shape index (κ1) is 25.3. The Morgan fingerprint density at radius 3 is 2.55 bits per heavy atom. The summed E-state index contributed by atoms with van der Waals surface area (Å²) in [5.41, 5.74) is 0.491. The topological polar surface area (TPSA) is 117 Å². The third-order valence-corrected chi connectivity index (χ3v) is 5.17. The van der Waals surface area contributed by atoms with Gasteiger partial charge in [-0.3, -0.25) is 14.5 Å². The summed E-state index contributed by atoms with van der Waals surface area (Å²) in [5.74, 6) is -3.05. The fourth-order valence-corrected chi connectivity index (χ4v) is 3.58. The second kappa shape index (κ2) is 11.0. The summed E-state index contributed by atoms with van der Waals surface area (Å²) in [4.78, 5) is 38.1. The van der Waals surface area contributed by atoms with Crippen molar-refractivity contribution in [1.82, 2.24) is 10.2 Å². The zero-order valence-corrected chi connectivity index (χ0v) is 19.2. The second-order valence-electron chi connectivity index (χ2n) is 7.89. The van der Waals surface area contributed by atoms with Gasteiger partial charge >= 0.3 is 19.1 Å². The number of nitrogens with zero attached hydrogens (tertiary/aromatic N) is 1. The van der Waals surface area contributed by atoms with Crippen LogP contribution in [-0.4, -0.2) is 73.7 Å². The molecule has 31 heavy (non-hydrogen) atoms. The van der Waals surface area contributed by atoms with Crippen LogP contribution in [0.15, 0.2) is 18.2 Å². The average Bonchev–Trinajstić information content (AvgIpc) is 2.66. The molecule has 1 saturated heterocycles. The predicted molar refractivity (Wildman–Crippen MR) is 118 cm³/mol. The van der Waals surface area contributed by atoms with E-state index in [0.29, 0.717) is 22.2 Å². The number of benzene rings is 1. The molecule has 0 aliphatic carbocycles. The SMILES string of the molecule is CC(C)C[C@H](NC(=O)CNc1cc(Cl)ccc1Cl)B1OC(=O)[C@H](N(C)C)[C@H](C(=O)O)O1. The first-order chi connectivity index (χ1) is 14.5.